The molecule has 3 aromatic carbocycles. The quantitative estimate of drug-likeness (QED) is 0.366. The average molecular weight is 534 g/mol. The summed E-state index contributed by atoms with van der Waals surface area (Å²) in [5.41, 5.74) is 1.03. The number of hydrogen-bond acceptors (Lipinski definition) is 5. The number of nitrogens with one attached hydrogen (secondary N) is 1. The number of carboxylic acids is 1. The molecule has 1 aromatic heterocycles. The number of carbonyl (C=O) groups excluding carboxylic acids is 1. The van der Waals surface area contributed by atoms with Crippen molar-refractivity contribution in [2.75, 3.05) is 0 Å². The number of amides is 1. The molecular weight excluding hydrogens is 506 g/mol. The van der Waals surface area contributed by atoms with Gasteiger partial charge in [0.25, 0.3) is 11.5 Å². The first-order chi connectivity index (χ1) is 18.2. The molecule has 0 saturated heterocycles. The van der Waals surface area contributed by atoms with Crippen LogP contribution in [0.2, 0.25) is 0 Å². The second kappa shape index (κ2) is 10.3. The molecule has 0 unspecified atom stereocenters. The van der Waals surface area contributed by atoms with E-state index in [4.69, 9.17) is 0 Å². The Kier molecular flexibility index (Phi) is 6.90. The summed E-state index contributed by atoms with van der Waals surface area (Å²) in [6.07, 6.45) is 5.16. The molecule has 1 fully saturated rings. The zero-order chi connectivity index (χ0) is 26.9. The number of sulfonamides is 1. The van der Waals surface area contributed by atoms with Crippen molar-refractivity contribution >= 4 is 32.8 Å². The molecule has 0 radical (unpaired) electrons. The third-order valence-corrected chi connectivity index (χ3v) is 8.09. The first-order valence-electron chi connectivity index (χ1n) is 12.4. The molecule has 1 heterocycles. The first-order valence-corrected chi connectivity index (χ1v) is 14.1. The molecule has 5 rings (SSSR count). The van der Waals surface area contributed by atoms with Crippen molar-refractivity contribution in [2.24, 2.45) is 0 Å². The van der Waals surface area contributed by atoms with Crippen molar-refractivity contribution in [3.8, 4) is 5.69 Å². The van der Waals surface area contributed by atoms with Crippen molar-refractivity contribution in [3.05, 3.63) is 99.8 Å². The lowest BCUT2D eigenvalue weighted by molar-refractivity contribution is 0.0695. The molecule has 1 saturated carbocycles. The lowest BCUT2D eigenvalue weighted by atomic mass is 9.95. The van der Waals surface area contributed by atoms with Gasteiger partial charge in [0.15, 0.2) is 0 Å². The normalized spacial score (nSPS) is 14.4. The van der Waals surface area contributed by atoms with Crippen LogP contribution in [0.25, 0.3) is 16.6 Å². The number of hydrogen-bond donors (Lipinski definition) is 2. The highest BCUT2D eigenvalue weighted by Gasteiger charge is 2.25. The topological polar surface area (TPSA) is 127 Å². The maximum Gasteiger partial charge on any atom is 0.335 e. The minimum Gasteiger partial charge on any atom is -0.478 e. The van der Waals surface area contributed by atoms with E-state index < -0.39 is 27.7 Å². The van der Waals surface area contributed by atoms with Crippen LogP contribution in [0.15, 0.2) is 77.6 Å². The van der Waals surface area contributed by atoms with Crippen molar-refractivity contribution in [3.63, 3.8) is 0 Å². The van der Waals surface area contributed by atoms with Gasteiger partial charge in [0.05, 0.1) is 33.9 Å². The Morgan fingerprint density at radius 2 is 1.61 bits per heavy atom. The molecule has 2 N–H and O–H groups in total. The van der Waals surface area contributed by atoms with E-state index >= 15 is 0 Å². The zero-order valence-electron chi connectivity index (χ0n) is 20.5. The van der Waals surface area contributed by atoms with Gasteiger partial charge in [-0.2, -0.15) is 0 Å². The van der Waals surface area contributed by atoms with Gasteiger partial charge in [-0.15, -0.1) is 0 Å². The Bertz CT molecular complexity index is 1680. The molecule has 4 aromatic rings. The summed E-state index contributed by atoms with van der Waals surface area (Å²) in [6, 6.07) is 19.8. The number of benzene rings is 3. The van der Waals surface area contributed by atoms with E-state index in [0.717, 1.165) is 32.1 Å². The fraction of sp³-hybridized carbons (Fsp3) is 0.250. The number of para-hydroxylation sites is 1. The van der Waals surface area contributed by atoms with Crippen LogP contribution in [0.4, 0.5) is 0 Å². The summed E-state index contributed by atoms with van der Waals surface area (Å²) >= 11 is 0. The molecule has 0 aliphatic heterocycles. The van der Waals surface area contributed by atoms with Gasteiger partial charge in [-0.05, 0) is 54.8 Å². The third-order valence-electron chi connectivity index (χ3n) is 6.91. The Labute approximate surface area is 219 Å². The van der Waals surface area contributed by atoms with Crippen LogP contribution in [0.1, 0.15) is 64.4 Å². The van der Waals surface area contributed by atoms with E-state index in [1.807, 2.05) is 39.7 Å². The molecule has 196 valence electrons. The minimum absolute atomic E-state index is 0.0192. The van der Waals surface area contributed by atoms with E-state index in [0.29, 0.717) is 16.6 Å². The molecule has 0 spiro atoms. The van der Waals surface area contributed by atoms with Gasteiger partial charge in [-0.1, -0.05) is 55.7 Å². The second-order valence-electron chi connectivity index (χ2n) is 9.47. The summed E-state index contributed by atoms with van der Waals surface area (Å²) in [6.45, 7) is 0. The van der Waals surface area contributed by atoms with E-state index in [1.165, 1.54) is 36.4 Å². The monoisotopic (exact) mass is 533 g/mol. The van der Waals surface area contributed by atoms with Gasteiger partial charge in [0, 0.05) is 5.56 Å². The third kappa shape index (κ3) is 4.99. The van der Waals surface area contributed by atoms with E-state index in [2.05, 4.69) is 0 Å². The molecule has 1 aliphatic rings. The lowest BCUT2D eigenvalue weighted by Gasteiger charge is -2.26. The number of aromatic carboxylic acids is 1. The summed E-state index contributed by atoms with van der Waals surface area (Å²) < 4.78 is 31.1. The van der Waals surface area contributed by atoms with Gasteiger partial charge in [0.2, 0.25) is 10.0 Å². The van der Waals surface area contributed by atoms with E-state index in [1.54, 1.807) is 10.7 Å². The molecule has 9 nitrogen and oxygen atoms in total. The predicted molar refractivity (Wildman–Crippen MR) is 143 cm³/mol. The summed E-state index contributed by atoms with van der Waals surface area (Å²) in [5.74, 6) is -2.83. The predicted octanol–water partition coefficient (Wildman–Crippen LogP) is 4.26. The second-order valence-corrected chi connectivity index (χ2v) is 11.2. The number of aromatic nitrogens is 2. The maximum absolute atomic E-state index is 13.6. The molecule has 0 atom stereocenters. The smallest absolute Gasteiger partial charge is 0.335 e. The van der Waals surface area contributed by atoms with Gasteiger partial charge < -0.3 is 5.11 Å². The Balaban J connectivity index is 1.50. The molecule has 1 aliphatic carbocycles. The minimum atomic E-state index is -4.22. The van der Waals surface area contributed by atoms with Crippen molar-refractivity contribution in [1.29, 1.82) is 0 Å². The van der Waals surface area contributed by atoms with Crippen LogP contribution in [0.3, 0.4) is 0 Å². The highest BCUT2D eigenvalue weighted by atomic mass is 32.2. The highest BCUT2D eigenvalue weighted by Crippen LogP contribution is 2.32. The number of rotatable bonds is 7. The Morgan fingerprint density at radius 3 is 2.32 bits per heavy atom. The van der Waals surface area contributed by atoms with Crippen LogP contribution in [-0.4, -0.2) is 34.8 Å². The number of carboxylic acid groups (broad SMARTS) is 1. The summed E-state index contributed by atoms with van der Waals surface area (Å²) in [5, 5.41) is 9.65. The fourth-order valence-electron chi connectivity index (χ4n) is 5.16. The number of nitrogens with zero attached hydrogens (tertiary/aromatic N) is 2. The van der Waals surface area contributed by atoms with Crippen LogP contribution in [0.5, 0.6) is 0 Å². The van der Waals surface area contributed by atoms with Crippen LogP contribution < -0.4 is 10.3 Å². The number of fused-ring (bicyclic) bond motifs is 1. The van der Waals surface area contributed by atoms with E-state index in [-0.39, 0.29) is 28.3 Å². The molecule has 1 amide bonds. The highest BCUT2D eigenvalue weighted by molar-refractivity contribution is 7.89. The van der Waals surface area contributed by atoms with Gasteiger partial charge in [-0.3, -0.25) is 14.3 Å². The number of carbonyl (C=O) groups is 2. The molecule has 0 bridgehead atoms. The standard InChI is InChI=1S/C28H27N3O6S/c32-26(29-38(36,37)18-20-9-7-8-14-23(20)28(34)35)19-15-16-25-24(17-19)27(33)31(22-12-5-2-6-13-22)30(25)21-10-3-1-4-11-21/h2,5-9,12-17,21H,1,3-4,10-11,18H2,(H,29,32)(H,34,35). The van der Waals surface area contributed by atoms with Gasteiger partial charge in [0.1, 0.15) is 0 Å². The SMILES string of the molecule is O=C(NS(=O)(=O)Cc1ccccc1C(=O)O)c1ccc2c(c1)c(=O)n(-c1ccccc1)n2C1CCCCC1. The van der Waals surface area contributed by atoms with Gasteiger partial charge in [-0.25, -0.2) is 22.6 Å². The van der Waals surface area contributed by atoms with Crippen LogP contribution in [0, 0.1) is 0 Å². The molecule has 10 heteroatoms. The maximum atomic E-state index is 13.6. The Morgan fingerprint density at radius 1 is 0.921 bits per heavy atom. The van der Waals surface area contributed by atoms with Crippen molar-refractivity contribution in [1.82, 2.24) is 14.1 Å². The molecule has 38 heavy (non-hydrogen) atoms. The van der Waals surface area contributed by atoms with Crippen LogP contribution >= 0.6 is 0 Å². The average Bonchev–Trinajstić information content (AvgIpc) is 3.21. The first kappa shape index (κ1) is 25.5. The summed E-state index contributed by atoms with van der Waals surface area (Å²) in [4.78, 5) is 38.0. The molecular formula is C28H27N3O6S. The zero-order valence-corrected chi connectivity index (χ0v) is 21.4. The van der Waals surface area contributed by atoms with E-state index in [9.17, 15) is 27.9 Å². The lowest BCUT2D eigenvalue weighted by Crippen LogP contribution is -2.32. The van der Waals surface area contributed by atoms with Crippen molar-refractivity contribution < 1.29 is 23.1 Å². The van der Waals surface area contributed by atoms with Crippen LogP contribution in [-0.2, 0) is 15.8 Å². The fourth-order valence-corrected chi connectivity index (χ4v) is 6.29. The Hall–Kier alpha value is -4.18. The largest absolute Gasteiger partial charge is 0.478 e. The van der Waals surface area contributed by atoms with Gasteiger partial charge >= 0.3 is 5.97 Å². The summed E-state index contributed by atoms with van der Waals surface area (Å²) in [7, 11) is -4.22. The van der Waals surface area contributed by atoms with Crippen molar-refractivity contribution in [2.45, 2.75) is 43.9 Å².